The number of carbonyl (C=O) groups is 1. The van der Waals surface area contributed by atoms with Crippen LogP contribution in [0.25, 0.3) is 0 Å². The lowest BCUT2D eigenvalue weighted by Crippen LogP contribution is -2.32. The zero-order chi connectivity index (χ0) is 16.9. The molecule has 1 saturated heterocycles. The number of aryl methyl sites for hydroxylation is 2. The van der Waals surface area contributed by atoms with Crippen LogP contribution in [0.3, 0.4) is 0 Å². The third kappa shape index (κ3) is 3.83. The molecule has 4 nitrogen and oxygen atoms in total. The Morgan fingerprint density at radius 3 is 2.54 bits per heavy atom. The standard InChI is InChI=1S/C19H24N2O2S/c1-14-17(15(2)23-20-14)13-24-18-10-6-5-9-16(18)19(22)21-11-7-3-4-8-12-21/h5-6,9-10H,3-4,7-8,11-13H2,1-2H3. The maximum Gasteiger partial charge on any atom is 0.254 e. The highest BCUT2D eigenvalue weighted by Gasteiger charge is 2.20. The summed E-state index contributed by atoms with van der Waals surface area (Å²) in [5.41, 5.74) is 2.87. The maximum atomic E-state index is 13.0. The van der Waals surface area contributed by atoms with Crippen molar-refractivity contribution in [2.75, 3.05) is 13.1 Å². The van der Waals surface area contributed by atoms with Crippen LogP contribution in [0.4, 0.5) is 0 Å². The summed E-state index contributed by atoms with van der Waals surface area (Å²) in [5.74, 6) is 1.79. The Bertz CT molecular complexity index is 684. The predicted octanol–water partition coefficient (Wildman–Crippen LogP) is 4.60. The lowest BCUT2D eigenvalue weighted by Gasteiger charge is -2.21. The number of thioether (sulfide) groups is 1. The van der Waals surface area contributed by atoms with E-state index in [-0.39, 0.29) is 5.91 Å². The Morgan fingerprint density at radius 2 is 1.88 bits per heavy atom. The highest BCUT2D eigenvalue weighted by atomic mass is 32.2. The fraction of sp³-hybridized carbons (Fsp3) is 0.474. The van der Waals surface area contributed by atoms with Gasteiger partial charge in [0.15, 0.2) is 0 Å². The van der Waals surface area contributed by atoms with E-state index in [0.717, 1.165) is 59.2 Å². The van der Waals surface area contributed by atoms with Gasteiger partial charge in [-0.3, -0.25) is 4.79 Å². The SMILES string of the molecule is Cc1noc(C)c1CSc1ccccc1C(=O)N1CCCCCC1. The third-order valence-corrected chi connectivity index (χ3v) is 5.66. The van der Waals surface area contributed by atoms with Gasteiger partial charge in [-0.1, -0.05) is 30.1 Å². The first kappa shape index (κ1) is 17.1. The summed E-state index contributed by atoms with van der Waals surface area (Å²) >= 11 is 1.68. The van der Waals surface area contributed by atoms with Gasteiger partial charge in [-0.05, 0) is 38.8 Å². The second-order valence-electron chi connectivity index (χ2n) is 6.29. The summed E-state index contributed by atoms with van der Waals surface area (Å²) < 4.78 is 5.23. The van der Waals surface area contributed by atoms with Crippen LogP contribution < -0.4 is 0 Å². The van der Waals surface area contributed by atoms with Crippen molar-refractivity contribution in [1.29, 1.82) is 0 Å². The summed E-state index contributed by atoms with van der Waals surface area (Å²) in [4.78, 5) is 16.0. The average Bonchev–Trinajstić information content (AvgIpc) is 2.81. The molecule has 1 amide bonds. The zero-order valence-corrected chi connectivity index (χ0v) is 15.2. The van der Waals surface area contributed by atoms with Crippen LogP contribution in [0.2, 0.25) is 0 Å². The lowest BCUT2D eigenvalue weighted by molar-refractivity contribution is 0.0758. The van der Waals surface area contributed by atoms with Crippen molar-refractivity contribution in [3.63, 3.8) is 0 Å². The molecule has 1 fully saturated rings. The van der Waals surface area contributed by atoms with E-state index in [4.69, 9.17) is 4.52 Å². The lowest BCUT2D eigenvalue weighted by atomic mass is 10.2. The van der Waals surface area contributed by atoms with Gasteiger partial charge in [0, 0.05) is 29.3 Å². The van der Waals surface area contributed by atoms with Gasteiger partial charge in [-0.2, -0.15) is 0 Å². The zero-order valence-electron chi connectivity index (χ0n) is 14.4. The van der Waals surface area contributed by atoms with E-state index >= 15 is 0 Å². The number of likely N-dealkylation sites (tertiary alicyclic amines) is 1. The Kier molecular flexibility index (Phi) is 5.61. The van der Waals surface area contributed by atoms with Crippen molar-refractivity contribution in [3.8, 4) is 0 Å². The summed E-state index contributed by atoms with van der Waals surface area (Å²) in [5, 5.41) is 4.01. The molecular weight excluding hydrogens is 320 g/mol. The topological polar surface area (TPSA) is 46.3 Å². The smallest absolute Gasteiger partial charge is 0.254 e. The molecule has 24 heavy (non-hydrogen) atoms. The number of hydrogen-bond donors (Lipinski definition) is 0. The number of carbonyl (C=O) groups excluding carboxylic acids is 1. The molecule has 3 rings (SSSR count). The highest BCUT2D eigenvalue weighted by Crippen LogP contribution is 2.29. The molecule has 1 aliphatic rings. The van der Waals surface area contributed by atoms with Gasteiger partial charge in [-0.25, -0.2) is 0 Å². The van der Waals surface area contributed by atoms with Gasteiger partial charge in [0.05, 0.1) is 11.3 Å². The van der Waals surface area contributed by atoms with Gasteiger partial charge in [0.25, 0.3) is 5.91 Å². The Labute approximate surface area is 147 Å². The number of rotatable bonds is 4. The molecule has 0 bridgehead atoms. The van der Waals surface area contributed by atoms with Crippen molar-refractivity contribution >= 4 is 17.7 Å². The van der Waals surface area contributed by atoms with Gasteiger partial charge in [0.1, 0.15) is 5.76 Å². The quantitative estimate of drug-likeness (QED) is 0.761. The second kappa shape index (κ2) is 7.88. The fourth-order valence-electron chi connectivity index (χ4n) is 3.07. The molecule has 1 aliphatic heterocycles. The third-order valence-electron chi connectivity index (χ3n) is 4.56. The largest absolute Gasteiger partial charge is 0.361 e. The molecule has 1 aromatic carbocycles. The van der Waals surface area contributed by atoms with Gasteiger partial charge < -0.3 is 9.42 Å². The molecular formula is C19H24N2O2S. The summed E-state index contributed by atoms with van der Waals surface area (Å²) in [6.45, 7) is 5.65. The maximum absolute atomic E-state index is 13.0. The minimum absolute atomic E-state index is 0.166. The molecule has 0 spiro atoms. The van der Waals surface area contributed by atoms with Crippen LogP contribution in [0.1, 0.15) is 53.1 Å². The summed E-state index contributed by atoms with van der Waals surface area (Å²) in [6.07, 6.45) is 4.68. The minimum Gasteiger partial charge on any atom is -0.361 e. The van der Waals surface area contributed by atoms with Gasteiger partial charge in [-0.15, -0.1) is 11.8 Å². The van der Waals surface area contributed by atoms with E-state index in [1.807, 2.05) is 43.0 Å². The molecule has 0 radical (unpaired) electrons. The number of benzene rings is 1. The van der Waals surface area contributed by atoms with Crippen LogP contribution in [0.15, 0.2) is 33.7 Å². The van der Waals surface area contributed by atoms with Crippen LogP contribution in [0.5, 0.6) is 0 Å². The minimum atomic E-state index is 0.166. The van der Waals surface area contributed by atoms with Crippen molar-refractivity contribution < 1.29 is 9.32 Å². The van der Waals surface area contributed by atoms with Crippen molar-refractivity contribution in [1.82, 2.24) is 10.1 Å². The van der Waals surface area contributed by atoms with E-state index in [2.05, 4.69) is 5.16 Å². The number of amides is 1. The molecule has 0 N–H and O–H groups in total. The first-order chi connectivity index (χ1) is 11.7. The van der Waals surface area contributed by atoms with Crippen LogP contribution in [0, 0.1) is 13.8 Å². The van der Waals surface area contributed by atoms with Crippen molar-refractivity contribution in [3.05, 3.63) is 46.8 Å². The fourth-order valence-corrected chi connectivity index (χ4v) is 4.27. The van der Waals surface area contributed by atoms with Crippen LogP contribution in [-0.4, -0.2) is 29.1 Å². The molecule has 2 aromatic rings. The molecule has 0 atom stereocenters. The van der Waals surface area contributed by atoms with E-state index in [1.54, 1.807) is 11.8 Å². The monoisotopic (exact) mass is 344 g/mol. The first-order valence-corrected chi connectivity index (χ1v) is 9.58. The molecule has 5 heteroatoms. The van der Waals surface area contributed by atoms with Crippen LogP contribution >= 0.6 is 11.8 Å². The molecule has 0 saturated carbocycles. The van der Waals surface area contributed by atoms with E-state index < -0.39 is 0 Å². The summed E-state index contributed by atoms with van der Waals surface area (Å²) in [7, 11) is 0. The van der Waals surface area contributed by atoms with Crippen molar-refractivity contribution in [2.24, 2.45) is 0 Å². The molecule has 0 unspecified atom stereocenters. The molecule has 0 aliphatic carbocycles. The number of aromatic nitrogens is 1. The predicted molar refractivity (Wildman–Crippen MR) is 96.4 cm³/mol. The number of nitrogens with zero attached hydrogens (tertiary/aromatic N) is 2. The average molecular weight is 344 g/mol. The normalized spacial score (nSPS) is 15.3. The van der Waals surface area contributed by atoms with Gasteiger partial charge >= 0.3 is 0 Å². The summed E-state index contributed by atoms with van der Waals surface area (Å²) in [6, 6.07) is 7.93. The molecule has 128 valence electrons. The Morgan fingerprint density at radius 1 is 1.17 bits per heavy atom. The van der Waals surface area contributed by atoms with E-state index in [1.165, 1.54) is 12.8 Å². The highest BCUT2D eigenvalue weighted by molar-refractivity contribution is 7.98. The molecule has 2 heterocycles. The van der Waals surface area contributed by atoms with Gasteiger partial charge in [0.2, 0.25) is 0 Å². The van der Waals surface area contributed by atoms with E-state index in [9.17, 15) is 4.79 Å². The van der Waals surface area contributed by atoms with Crippen molar-refractivity contribution in [2.45, 2.75) is 50.2 Å². The first-order valence-electron chi connectivity index (χ1n) is 8.59. The second-order valence-corrected chi connectivity index (χ2v) is 7.31. The van der Waals surface area contributed by atoms with E-state index in [0.29, 0.717) is 0 Å². The molecule has 1 aromatic heterocycles. The Balaban J connectivity index is 1.76. The Hall–Kier alpha value is -1.75. The van der Waals surface area contributed by atoms with Crippen LogP contribution in [-0.2, 0) is 5.75 Å². The number of hydrogen-bond acceptors (Lipinski definition) is 4.